The summed E-state index contributed by atoms with van der Waals surface area (Å²) in [6.45, 7) is -0.361. The Bertz CT molecular complexity index is 1840. The fourth-order valence-electron chi connectivity index (χ4n) is 4.97. The van der Waals surface area contributed by atoms with E-state index in [1.165, 1.54) is 10.8 Å². The molecule has 3 heterocycles. The minimum absolute atomic E-state index is 0.244. The van der Waals surface area contributed by atoms with Crippen molar-refractivity contribution in [2.24, 2.45) is 0 Å². The van der Waals surface area contributed by atoms with Gasteiger partial charge in [0.15, 0.2) is 18.4 Å². The first kappa shape index (κ1) is 28.5. The summed E-state index contributed by atoms with van der Waals surface area (Å²) in [5.41, 5.74) is 0.804. The number of esters is 3. The second-order valence-corrected chi connectivity index (χ2v) is 9.97. The zero-order valence-corrected chi connectivity index (χ0v) is 23.2. The van der Waals surface area contributed by atoms with E-state index in [0.717, 1.165) is 0 Å². The molecule has 5 aromatic rings. The van der Waals surface area contributed by atoms with Crippen LogP contribution in [-0.4, -0.2) is 52.4 Å². The van der Waals surface area contributed by atoms with Crippen molar-refractivity contribution in [2.45, 2.75) is 24.5 Å². The number of rotatable bonds is 8. The lowest BCUT2D eigenvalue weighted by Gasteiger charge is -2.25. The number of benzene rings is 3. The van der Waals surface area contributed by atoms with Crippen LogP contribution in [0.1, 0.15) is 37.3 Å². The average molecular weight is 591 g/mol. The number of nitrogens with zero attached hydrogens (tertiary/aromatic N) is 2. The van der Waals surface area contributed by atoms with Crippen LogP contribution < -0.4 is 5.56 Å². The number of carbonyl (C=O) groups is 3. The average Bonchev–Trinajstić information content (AvgIpc) is 3.40. The molecule has 0 N–H and O–H groups in total. The van der Waals surface area contributed by atoms with Crippen molar-refractivity contribution in [3.63, 3.8) is 0 Å². The number of ether oxygens (including phenoxy) is 4. The first-order valence-electron chi connectivity index (χ1n) is 13.8. The molecule has 1 fully saturated rings. The molecule has 0 aliphatic carbocycles. The molecule has 1 saturated heterocycles. The zero-order valence-electron chi connectivity index (χ0n) is 23.2. The van der Waals surface area contributed by atoms with Crippen LogP contribution in [0.25, 0.3) is 10.9 Å². The van der Waals surface area contributed by atoms with Crippen molar-refractivity contribution in [1.29, 1.82) is 0 Å². The first-order valence-corrected chi connectivity index (χ1v) is 13.8. The van der Waals surface area contributed by atoms with Gasteiger partial charge in [0.1, 0.15) is 12.7 Å². The minimum atomic E-state index is -1.30. The molecule has 10 nitrogen and oxygen atoms in total. The van der Waals surface area contributed by atoms with Crippen molar-refractivity contribution in [1.82, 2.24) is 9.55 Å². The van der Waals surface area contributed by atoms with E-state index in [0.29, 0.717) is 16.5 Å². The maximum atomic E-state index is 13.6. The second-order valence-electron chi connectivity index (χ2n) is 9.97. The normalized spacial score (nSPS) is 19.3. The fourth-order valence-corrected chi connectivity index (χ4v) is 4.97. The van der Waals surface area contributed by atoms with E-state index >= 15 is 0 Å². The van der Waals surface area contributed by atoms with Gasteiger partial charge in [0.05, 0.1) is 27.6 Å². The van der Waals surface area contributed by atoms with E-state index < -0.39 is 48.0 Å². The molecule has 3 aromatic carbocycles. The van der Waals surface area contributed by atoms with Crippen LogP contribution in [0, 0.1) is 0 Å². The summed E-state index contributed by atoms with van der Waals surface area (Å²) < 4.78 is 25.0. The molecule has 4 atom stereocenters. The molecule has 1 aliphatic heterocycles. The molecule has 1 aliphatic rings. The summed E-state index contributed by atoms with van der Waals surface area (Å²) in [7, 11) is 0. The van der Waals surface area contributed by atoms with Crippen LogP contribution in [-0.2, 0) is 18.9 Å². The van der Waals surface area contributed by atoms with Crippen LogP contribution in [0.15, 0.2) is 126 Å². The molecule has 2 aromatic heterocycles. The molecule has 0 amide bonds. The summed E-state index contributed by atoms with van der Waals surface area (Å²) in [5.74, 6) is -2.06. The third-order valence-corrected chi connectivity index (χ3v) is 7.15. The number of hydrogen-bond acceptors (Lipinski definition) is 9. The monoisotopic (exact) mass is 590 g/mol. The van der Waals surface area contributed by atoms with Gasteiger partial charge in [-0.3, -0.25) is 14.3 Å². The van der Waals surface area contributed by atoms with Gasteiger partial charge in [-0.2, -0.15) is 0 Å². The number of carbonyl (C=O) groups excluding carboxylic acids is 3. The fraction of sp³-hybridized carbons (Fsp3) is 0.147. The highest BCUT2D eigenvalue weighted by molar-refractivity contribution is 5.91. The van der Waals surface area contributed by atoms with Gasteiger partial charge in [0.2, 0.25) is 0 Å². The van der Waals surface area contributed by atoms with Gasteiger partial charge in [0.25, 0.3) is 5.56 Å². The predicted octanol–water partition coefficient (Wildman–Crippen LogP) is 4.60. The van der Waals surface area contributed by atoms with Gasteiger partial charge < -0.3 is 18.9 Å². The predicted molar refractivity (Wildman–Crippen MR) is 158 cm³/mol. The van der Waals surface area contributed by atoms with E-state index in [-0.39, 0.29) is 17.7 Å². The molecule has 6 rings (SSSR count). The molecule has 0 unspecified atom stereocenters. The van der Waals surface area contributed by atoms with Crippen molar-refractivity contribution >= 4 is 28.8 Å². The summed E-state index contributed by atoms with van der Waals surface area (Å²) in [4.78, 5) is 57.3. The van der Waals surface area contributed by atoms with Crippen molar-refractivity contribution in [2.75, 3.05) is 6.61 Å². The van der Waals surface area contributed by atoms with Gasteiger partial charge in [-0.15, -0.1) is 0 Å². The number of hydrogen-bond donors (Lipinski definition) is 0. The van der Waals surface area contributed by atoms with E-state index in [9.17, 15) is 19.2 Å². The zero-order chi connectivity index (χ0) is 30.5. The van der Waals surface area contributed by atoms with Crippen LogP contribution in [0.3, 0.4) is 0 Å². The summed E-state index contributed by atoms with van der Waals surface area (Å²) in [5, 5.41) is 0.309. The molecule has 0 radical (unpaired) electrons. The second kappa shape index (κ2) is 12.7. The topological polar surface area (TPSA) is 123 Å². The minimum Gasteiger partial charge on any atom is -0.459 e. The Balaban J connectivity index is 1.38. The Kier molecular flexibility index (Phi) is 8.24. The lowest BCUT2D eigenvalue weighted by Crippen LogP contribution is -2.42. The van der Waals surface area contributed by atoms with E-state index in [1.54, 1.807) is 115 Å². The van der Waals surface area contributed by atoms with Gasteiger partial charge in [-0.05, 0) is 54.6 Å². The van der Waals surface area contributed by atoms with Gasteiger partial charge in [0, 0.05) is 12.4 Å². The quantitative estimate of drug-likeness (QED) is 0.188. The van der Waals surface area contributed by atoms with Crippen molar-refractivity contribution < 1.29 is 33.3 Å². The Hall–Kier alpha value is -5.61. The van der Waals surface area contributed by atoms with E-state index in [1.807, 2.05) is 0 Å². The molecule has 10 heteroatoms. The molecule has 0 saturated carbocycles. The third kappa shape index (κ3) is 5.97. The van der Waals surface area contributed by atoms with Crippen LogP contribution in [0.2, 0.25) is 0 Å². The molecule has 220 valence electrons. The van der Waals surface area contributed by atoms with Crippen molar-refractivity contribution in [3.05, 3.63) is 149 Å². The van der Waals surface area contributed by atoms with Crippen LogP contribution >= 0.6 is 0 Å². The highest BCUT2D eigenvalue weighted by atomic mass is 16.7. The molecular formula is C34H26N2O8. The molecule has 0 spiro atoms. The van der Waals surface area contributed by atoms with Gasteiger partial charge in [-0.25, -0.2) is 14.4 Å². The van der Waals surface area contributed by atoms with Crippen LogP contribution in [0.4, 0.5) is 0 Å². The highest BCUT2D eigenvalue weighted by Crippen LogP contribution is 2.35. The number of fused-ring (bicyclic) bond motifs is 1. The number of pyridine rings is 2. The number of aromatic nitrogens is 2. The summed E-state index contributed by atoms with van der Waals surface area (Å²) in [6.07, 6.45) is -1.87. The van der Waals surface area contributed by atoms with Crippen LogP contribution in [0.5, 0.6) is 0 Å². The van der Waals surface area contributed by atoms with Crippen molar-refractivity contribution in [3.8, 4) is 0 Å². The van der Waals surface area contributed by atoms with Gasteiger partial charge >= 0.3 is 17.9 Å². The maximum absolute atomic E-state index is 13.6. The first-order chi connectivity index (χ1) is 21.5. The maximum Gasteiger partial charge on any atom is 0.338 e. The third-order valence-electron chi connectivity index (χ3n) is 7.15. The van der Waals surface area contributed by atoms with Gasteiger partial charge in [-0.1, -0.05) is 54.6 Å². The van der Waals surface area contributed by atoms with E-state index in [2.05, 4.69) is 4.98 Å². The Labute approximate surface area is 251 Å². The van der Waals surface area contributed by atoms with E-state index in [4.69, 9.17) is 18.9 Å². The molecule has 44 heavy (non-hydrogen) atoms. The molecule has 0 bridgehead atoms. The Morgan fingerprint density at radius 1 is 0.682 bits per heavy atom. The summed E-state index contributed by atoms with van der Waals surface area (Å²) >= 11 is 0. The lowest BCUT2D eigenvalue weighted by atomic mass is 10.1. The Morgan fingerprint density at radius 3 is 1.82 bits per heavy atom. The summed E-state index contributed by atoms with van der Waals surface area (Å²) in [6, 6.07) is 29.8. The SMILES string of the molecule is O=C(OC[C@H]1O[C@@H](n2ccc3ncccc3c2=O)[C@H](OC(=O)c2ccccc2)[C@H]1OC(=O)c1ccccc1)c1ccccc1. The highest BCUT2D eigenvalue weighted by Gasteiger charge is 2.51. The lowest BCUT2D eigenvalue weighted by molar-refractivity contribution is -0.0632. The smallest absolute Gasteiger partial charge is 0.338 e. The standard InChI is InChI=1S/C34H26N2O8/c37-30-25-17-10-19-35-26(25)18-20-36(30)31-29(44-34(40)24-15-8-3-9-16-24)28(43-33(39)23-13-6-2-7-14-23)27(42-31)21-41-32(38)22-11-4-1-5-12-22/h1-20,27-29,31H,21H2/t27-,28+,29-,31-/m1/s1. The molecular weight excluding hydrogens is 564 g/mol. The Morgan fingerprint density at radius 2 is 1.23 bits per heavy atom. The largest absolute Gasteiger partial charge is 0.459 e.